The van der Waals surface area contributed by atoms with Crippen LogP contribution >= 0.6 is 0 Å². The van der Waals surface area contributed by atoms with E-state index in [1.54, 1.807) is 0 Å². The van der Waals surface area contributed by atoms with Gasteiger partial charge in [-0.05, 0) is 50.9 Å². The maximum Gasteiger partial charge on any atom is 0.241 e. The summed E-state index contributed by atoms with van der Waals surface area (Å²) in [4.78, 5) is 13.9. The van der Waals surface area contributed by atoms with E-state index in [0.29, 0.717) is 11.7 Å². The molecule has 0 aliphatic carbocycles. The minimum atomic E-state index is 0.638. The third-order valence-electron chi connectivity index (χ3n) is 4.96. The molecule has 0 aromatic carbocycles. The number of aromatic nitrogens is 3. The second-order valence-corrected chi connectivity index (χ2v) is 6.80. The van der Waals surface area contributed by atoms with Gasteiger partial charge in [0, 0.05) is 24.8 Å². The van der Waals surface area contributed by atoms with Crippen molar-refractivity contribution in [2.24, 2.45) is 0 Å². The number of pyridine rings is 1. The molecule has 0 radical (unpaired) electrons. The van der Waals surface area contributed by atoms with Crippen molar-refractivity contribution in [1.29, 1.82) is 0 Å². The topological polar surface area (TPSA) is 58.3 Å². The van der Waals surface area contributed by atoms with Crippen LogP contribution in [0.1, 0.15) is 44.4 Å². The molecule has 0 atom stereocenters. The Morgan fingerprint density at radius 3 is 2.38 bits per heavy atom. The molecule has 0 bridgehead atoms. The molecule has 2 aromatic heterocycles. The molecule has 4 rings (SSSR count). The molecule has 0 N–H and O–H groups in total. The summed E-state index contributed by atoms with van der Waals surface area (Å²) >= 11 is 0. The summed E-state index contributed by atoms with van der Waals surface area (Å²) in [6.07, 6.45) is 9.58. The Morgan fingerprint density at radius 1 is 0.917 bits per heavy atom. The van der Waals surface area contributed by atoms with Crippen LogP contribution in [0.5, 0.6) is 0 Å². The molecule has 2 aromatic rings. The van der Waals surface area contributed by atoms with Gasteiger partial charge in [0.1, 0.15) is 5.82 Å². The Kier molecular flexibility index (Phi) is 4.74. The average molecular weight is 327 g/mol. The van der Waals surface area contributed by atoms with Gasteiger partial charge in [-0.2, -0.15) is 4.98 Å². The number of likely N-dealkylation sites (tertiary alicyclic amines) is 1. The summed E-state index contributed by atoms with van der Waals surface area (Å²) in [5.74, 6) is 2.39. The van der Waals surface area contributed by atoms with Gasteiger partial charge in [0.15, 0.2) is 0 Å². The van der Waals surface area contributed by atoms with Crippen LogP contribution in [0, 0.1) is 0 Å². The van der Waals surface area contributed by atoms with E-state index in [4.69, 9.17) is 4.52 Å². The highest BCUT2D eigenvalue weighted by molar-refractivity contribution is 5.55. The van der Waals surface area contributed by atoms with Crippen LogP contribution in [0.4, 0.5) is 5.82 Å². The van der Waals surface area contributed by atoms with Gasteiger partial charge in [0.05, 0.1) is 6.54 Å². The maximum atomic E-state index is 5.40. The first-order valence-corrected chi connectivity index (χ1v) is 9.15. The zero-order valence-electron chi connectivity index (χ0n) is 14.2. The largest absolute Gasteiger partial charge is 0.357 e. The quantitative estimate of drug-likeness (QED) is 0.860. The van der Waals surface area contributed by atoms with Crippen molar-refractivity contribution in [3.05, 3.63) is 24.2 Å². The zero-order valence-corrected chi connectivity index (χ0v) is 14.2. The SMILES string of the molecule is c1cc(N2CCCCCC2)ncc1-c1noc(CN2CCCC2)n1. The monoisotopic (exact) mass is 327 g/mol. The Balaban J connectivity index is 1.43. The van der Waals surface area contributed by atoms with Crippen molar-refractivity contribution in [1.82, 2.24) is 20.0 Å². The predicted octanol–water partition coefficient (Wildman–Crippen LogP) is 3.11. The van der Waals surface area contributed by atoms with Crippen LogP contribution < -0.4 is 4.90 Å². The number of anilines is 1. The summed E-state index contributed by atoms with van der Waals surface area (Å²) in [6.45, 7) is 5.23. The molecule has 2 aliphatic rings. The van der Waals surface area contributed by atoms with E-state index in [-0.39, 0.29) is 0 Å². The Labute approximate surface area is 142 Å². The van der Waals surface area contributed by atoms with Crippen molar-refractivity contribution >= 4 is 5.82 Å². The van der Waals surface area contributed by atoms with Crippen molar-refractivity contribution in [3.63, 3.8) is 0 Å². The summed E-state index contributed by atoms with van der Waals surface area (Å²) < 4.78 is 5.40. The molecule has 2 saturated heterocycles. The average Bonchev–Trinajstić information content (AvgIpc) is 3.22. The lowest BCUT2D eigenvalue weighted by atomic mass is 10.2. The Hall–Kier alpha value is -1.95. The van der Waals surface area contributed by atoms with E-state index < -0.39 is 0 Å². The van der Waals surface area contributed by atoms with Crippen LogP contribution in [0.15, 0.2) is 22.9 Å². The molecule has 128 valence electrons. The molecule has 24 heavy (non-hydrogen) atoms. The minimum Gasteiger partial charge on any atom is -0.357 e. The standard InChI is InChI=1S/C18H25N5O/c1-2-4-12-23(11-3-1)16-8-7-15(13-19-16)18-20-17(24-21-18)14-22-9-5-6-10-22/h7-8,13H,1-6,9-12,14H2. The molecule has 2 fully saturated rings. The van der Waals surface area contributed by atoms with Gasteiger partial charge in [0.2, 0.25) is 11.7 Å². The van der Waals surface area contributed by atoms with Crippen LogP contribution in [-0.2, 0) is 6.54 Å². The summed E-state index contributed by atoms with van der Waals surface area (Å²) in [5, 5.41) is 4.12. The lowest BCUT2D eigenvalue weighted by Gasteiger charge is -2.21. The molecular weight excluding hydrogens is 302 g/mol. The first-order chi connectivity index (χ1) is 11.9. The minimum absolute atomic E-state index is 0.638. The van der Waals surface area contributed by atoms with Gasteiger partial charge in [-0.15, -0.1) is 0 Å². The van der Waals surface area contributed by atoms with E-state index in [1.807, 2.05) is 6.20 Å². The van der Waals surface area contributed by atoms with E-state index in [1.165, 1.54) is 38.5 Å². The molecule has 4 heterocycles. The van der Waals surface area contributed by atoms with Gasteiger partial charge in [-0.1, -0.05) is 18.0 Å². The van der Waals surface area contributed by atoms with Crippen LogP contribution in [0.25, 0.3) is 11.4 Å². The van der Waals surface area contributed by atoms with Gasteiger partial charge in [-0.3, -0.25) is 4.90 Å². The second-order valence-electron chi connectivity index (χ2n) is 6.80. The van der Waals surface area contributed by atoms with E-state index >= 15 is 0 Å². The Morgan fingerprint density at radius 2 is 1.67 bits per heavy atom. The van der Waals surface area contributed by atoms with Gasteiger partial charge in [0.25, 0.3) is 0 Å². The summed E-state index contributed by atoms with van der Waals surface area (Å²) in [7, 11) is 0. The molecule has 0 unspecified atom stereocenters. The lowest BCUT2D eigenvalue weighted by Crippen LogP contribution is -2.24. The van der Waals surface area contributed by atoms with Gasteiger partial charge < -0.3 is 9.42 Å². The fourth-order valence-corrected chi connectivity index (χ4v) is 3.57. The van der Waals surface area contributed by atoms with Crippen molar-refractivity contribution in [3.8, 4) is 11.4 Å². The highest BCUT2D eigenvalue weighted by Crippen LogP contribution is 2.21. The summed E-state index contributed by atoms with van der Waals surface area (Å²) in [6, 6.07) is 4.13. The second kappa shape index (κ2) is 7.30. The van der Waals surface area contributed by atoms with Crippen molar-refractivity contribution in [2.75, 3.05) is 31.1 Å². The fraction of sp³-hybridized carbons (Fsp3) is 0.611. The maximum absolute atomic E-state index is 5.40. The molecule has 6 heteroatoms. The number of nitrogens with zero attached hydrogens (tertiary/aromatic N) is 5. The van der Waals surface area contributed by atoms with Gasteiger partial charge in [-0.25, -0.2) is 4.98 Å². The first-order valence-electron chi connectivity index (χ1n) is 9.15. The molecule has 0 amide bonds. The van der Waals surface area contributed by atoms with Gasteiger partial charge >= 0.3 is 0 Å². The number of rotatable bonds is 4. The molecular formula is C18H25N5O. The Bertz CT molecular complexity index is 640. The molecule has 0 saturated carbocycles. The van der Waals surface area contributed by atoms with E-state index in [0.717, 1.165) is 44.1 Å². The zero-order chi connectivity index (χ0) is 16.2. The first kappa shape index (κ1) is 15.6. The number of hydrogen-bond acceptors (Lipinski definition) is 6. The summed E-state index contributed by atoms with van der Waals surface area (Å²) in [5.41, 5.74) is 0.921. The third kappa shape index (κ3) is 3.59. The van der Waals surface area contributed by atoms with E-state index in [2.05, 4.69) is 37.1 Å². The van der Waals surface area contributed by atoms with Crippen molar-refractivity contribution in [2.45, 2.75) is 45.1 Å². The van der Waals surface area contributed by atoms with Crippen LogP contribution in [-0.4, -0.2) is 46.2 Å². The number of hydrogen-bond donors (Lipinski definition) is 0. The lowest BCUT2D eigenvalue weighted by molar-refractivity contribution is 0.268. The van der Waals surface area contributed by atoms with E-state index in [9.17, 15) is 0 Å². The highest BCUT2D eigenvalue weighted by Gasteiger charge is 2.17. The predicted molar refractivity (Wildman–Crippen MR) is 92.7 cm³/mol. The molecule has 2 aliphatic heterocycles. The fourth-order valence-electron chi connectivity index (χ4n) is 3.57. The highest BCUT2D eigenvalue weighted by atomic mass is 16.5. The van der Waals surface area contributed by atoms with Crippen LogP contribution in [0.3, 0.4) is 0 Å². The van der Waals surface area contributed by atoms with Crippen molar-refractivity contribution < 1.29 is 4.52 Å². The molecule has 6 nitrogen and oxygen atoms in total. The molecule has 0 spiro atoms. The smallest absolute Gasteiger partial charge is 0.241 e. The third-order valence-corrected chi connectivity index (χ3v) is 4.96. The normalized spacial score (nSPS) is 19.6. The van der Waals surface area contributed by atoms with Crippen LogP contribution in [0.2, 0.25) is 0 Å².